The molecule has 0 unspecified atom stereocenters. The fourth-order valence-electron chi connectivity index (χ4n) is 1.25. The second-order valence-electron chi connectivity index (χ2n) is 2.94. The highest BCUT2D eigenvalue weighted by Gasteiger charge is 2.06. The van der Waals surface area contributed by atoms with Crippen molar-refractivity contribution in [2.45, 2.75) is 6.04 Å². The van der Waals surface area contributed by atoms with E-state index in [1.807, 2.05) is 24.4 Å². The van der Waals surface area contributed by atoms with E-state index in [4.69, 9.17) is 10.8 Å². The summed E-state index contributed by atoms with van der Waals surface area (Å²) in [6.45, 7) is -0.0804. The molecule has 0 bridgehead atoms. The molecule has 2 rings (SSSR count). The van der Waals surface area contributed by atoms with Crippen LogP contribution in [0.15, 0.2) is 24.4 Å². The first-order chi connectivity index (χ1) is 6.31. The van der Waals surface area contributed by atoms with Gasteiger partial charge in [-0.2, -0.15) is 0 Å². The van der Waals surface area contributed by atoms with Gasteiger partial charge in [0.1, 0.15) is 0 Å². The summed E-state index contributed by atoms with van der Waals surface area (Å²) in [5, 5.41) is 8.84. The molecule has 2 heterocycles. The summed E-state index contributed by atoms with van der Waals surface area (Å²) in [5.41, 5.74) is 8.21. The van der Waals surface area contributed by atoms with E-state index in [2.05, 4.69) is 9.97 Å². The van der Waals surface area contributed by atoms with Crippen molar-refractivity contribution in [3.63, 3.8) is 0 Å². The van der Waals surface area contributed by atoms with E-state index < -0.39 is 0 Å². The SMILES string of the molecule is N[C@H](CO)c1ccc2[nH]ccc2n1. The number of nitrogens with zero attached hydrogens (tertiary/aromatic N) is 1. The van der Waals surface area contributed by atoms with Gasteiger partial charge in [0.05, 0.1) is 29.4 Å². The van der Waals surface area contributed by atoms with Crippen molar-refractivity contribution in [3.8, 4) is 0 Å². The summed E-state index contributed by atoms with van der Waals surface area (Å²) in [4.78, 5) is 7.33. The van der Waals surface area contributed by atoms with E-state index in [0.29, 0.717) is 0 Å². The van der Waals surface area contributed by atoms with Gasteiger partial charge >= 0.3 is 0 Å². The largest absolute Gasteiger partial charge is 0.394 e. The normalized spacial score (nSPS) is 13.4. The van der Waals surface area contributed by atoms with Gasteiger partial charge in [-0.3, -0.25) is 0 Å². The topological polar surface area (TPSA) is 74.9 Å². The number of fused-ring (bicyclic) bond motifs is 1. The van der Waals surface area contributed by atoms with Crippen LogP contribution < -0.4 is 5.73 Å². The van der Waals surface area contributed by atoms with E-state index in [9.17, 15) is 0 Å². The molecule has 2 aromatic heterocycles. The predicted octanol–water partition coefficient (Wildman–Crippen LogP) is 0.555. The first kappa shape index (κ1) is 8.22. The fourth-order valence-corrected chi connectivity index (χ4v) is 1.25. The van der Waals surface area contributed by atoms with Crippen molar-refractivity contribution in [3.05, 3.63) is 30.1 Å². The maximum atomic E-state index is 8.84. The molecule has 68 valence electrons. The zero-order valence-electron chi connectivity index (χ0n) is 7.07. The van der Waals surface area contributed by atoms with Crippen LogP contribution in [0.2, 0.25) is 0 Å². The van der Waals surface area contributed by atoms with Crippen LogP contribution in [0.5, 0.6) is 0 Å². The summed E-state index contributed by atoms with van der Waals surface area (Å²) < 4.78 is 0. The minimum atomic E-state index is -0.390. The molecule has 0 spiro atoms. The Morgan fingerprint density at radius 2 is 2.31 bits per heavy atom. The Balaban J connectivity index is 2.48. The quantitative estimate of drug-likeness (QED) is 0.627. The number of hydrogen-bond donors (Lipinski definition) is 3. The molecule has 0 amide bonds. The lowest BCUT2D eigenvalue weighted by Gasteiger charge is -2.06. The molecule has 0 aliphatic carbocycles. The monoisotopic (exact) mass is 177 g/mol. The van der Waals surface area contributed by atoms with E-state index in [0.717, 1.165) is 16.7 Å². The molecule has 0 radical (unpaired) electrons. The number of pyridine rings is 1. The minimum Gasteiger partial charge on any atom is -0.394 e. The minimum absolute atomic E-state index is 0.0804. The van der Waals surface area contributed by atoms with Crippen LogP contribution in [0, 0.1) is 0 Å². The van der Waals surface area contributed by atoms with Gasteiger partial charge in [0.25, 0.3) is 0 Å². The van der Waals surface area contributed by atoms with Gasteiger partial charge < -0.3 is 15.8 Å². The smallest absolute Gasteiger partial charge is 0.0882 e. The van der Waals surface area contributed by atoms with Crippen molar-refractivity contribution >= 4 is 11.0 Å². The lowest BCUT2D eigenvalue weighted by Crippen LogP contribution is -2.15. The Morgan fingerprint density at radius 3 is 3.08 bits per heavy atom. The van der Waals surface area contributed by atoms with Crippen LogP contribution in [-0.4, -0.2) is 21.7 Å². The third-order valence-electron chi connectivity index (χ3n) is 2.00. The van der Waals surface area contributed by atoms with Gasteiger partial charge in [-0.15, -0.1) is 0 Å². The van der Waals surface area contributed by atoms with Crippen LogP contribution in [0.25, 0.3) is 11.0 Å². The van der Waals surface area contributed by atoms with Crippen molar-refractivity contribution < 1.29 is 5.11 Å². The van der Waals surface area contributed by atoms with Crippen LogP contribution in [-0.2, 0) is 0 Å². The number of H-pyrrole nitrogens is 1. The summed E-state index contributed by atoms with van der Waals surface area (Å²) in [7, 11) is 0. The molecule has 0 fully saturated rings. The second kappa shape index (κ2) is 3.16. The molecular formula is C9H11N3O. The van der Waals surface area contributed by atoms with Gasteiger partial charge in [-0.1, -0.05) is 0 Å². The van der Waals surface area contributed by atoms with Crippen LogP contribution >= 0.6 is 0 Å². The highest BCUT2D eigenvalue weighted by molar-refractivity contribution is 5.74. The third kappa shape index (κ3) is 1.41. The first-order valence-electron chi connectivity index (χ1n) is 4.12. The number of aromatic nitrogens is 2. The summed E-state index contributed by atoms with van der Waals surface area (Å²) >= 11 is 0. The molecule has 0 saturated heterocycles. The Bertz CT molecular complexity index is 410. The molecule has 0 aliphatic rings. The van der Waals surface area contributed by atoms with Crippen molar-refractivity contribution in [2.75, 3.05) is 6.61 Å². The molecule has 0 aromatic carbocycles. The van der Waals surface area contributed by atoms with Crippen LogP contribution in [0.4, 0.5) is 0 Å². The Labute approximate surface area is 75.4 Å². The number of nitrogens with two attached hydrogens (primary N) is 1. The molecule has 1 atom stereocenters. The van der Waals surface area contributed by atoms with Gasteiger partial charge in [0.15, 0.2) is 0 Å². The molecule has 4 N–H and O–H groups in total. The number of aliphatic hydroxyl groups is 1. The fraction of sp³-hybridized carbons (Fsp3) is 0.222. The number of aliphatic hydroxyl groups excluding tert-OH is 1. The third-order valence-corrected chi connectivity index (χ3v) is 2.00. The molecular weight excluding hydrogens is 166 g/mol. The average Bonchev–Trinajstić information content (AvgIpc) is 2.63. The first-order valence-corrected chi connectivity index (χ1v) is 4.12. The lowest BCUT2D eigenvalue weighted by molar-refractivity contribution is 0.266. The summed E-state index contributed by atoms with van der Waals surface area (Å²) in [5.74, 6) is 0. The van der Waals surface area contributed by atoms with Crippen LogP contribution in [0.3, 0.4) is 0 Å². The van der Waals surface area contributed by atoms with Gasteiger partial charge in [0.2, 0.25) is 0 Å². The maximum absolute atomic E-state index is 8.84. The van der Waals surface area contributed by atoms with Crippen molar-refractivity contribution in [2.24, 2.45) is 5.73 Å². The number of rotatable bonds is 2. The van der Waals surface area contributed by atoms with E-state index >= 15 is 0 Å². The van der Waals surface area contributed by atoms with Gasteiger partial charge in [-0.25, -0.2) is 4.98 Å². The molecule has 2 aromatic rings. The molecule has 0 aliphatic heterocycles. The predicted molar refractivity (Wildman–Crippen MR) is 50.1 cm³/mol. The average molecular weight is 177 g/mol. The zero-order valence-corrected chi connectivity index (χ0v) is 7.07. The lowest BCUT2D eigenvalue weighted by atomic mass is 10.2. The Morgan fingerprint density at radius 1 is 1.46 bits per heavy atom. The van der Waals surface area contributed by atoms with Gasteiger partial charge in [0, 0.05) is 6.20 Å². The van der Waals surface area contributed by atoms with Crippen LogP contribution in [0.1, 0.15) is 11.7 Å². The zero-order chi connectivity index (χ0) is 9.26. The van der Waals surface area contributed by atoms with E-state index in [-0.39, 0.29) is 12.6 Å². The van der Waals surface area contributed by atoms with Gasteiger partial charge in [-0.05, 0) is 18.2 Å². The molecule has 0 saturated carbocycles. The Hall–Kier alpha value is -1.39. The van der Waals surface area contributed by atoms with E-state index in [1.165, 1.54) is 0 Å². The highest BCUT2D eigenvalue weighted by atomic mass is 16.3. The molecule has 4 heteroatoms. The van der Waals surface area contributed by atoms with Crippen molar-refractivity contribution in [1.82, 2.24) is 9.97 Å². The number of hydrogen-bond acceptors (Lipinski definition) is 3. The summed E-state index contributed by atoms with van der Waals surface area (Å²) in [6, 6.07) is 5.22. The molecule has 13 heavy (non-hydrogen) atoms. The number of nitrogens with one attached hydrogen (secondary N) is 1. The highest BCUT2D eigenvalue weighted by Crippen LogP contribution is 2.13. The molecule has 4 nitrogen and oxygen atoms in total. The number of aromatic amines is 1. The van der Waals surface area contributed by atoms with E-state index in [1.54, 1.807) is 0 Å². The Kier molecular flexibility index (Phi) is 2.00. The maximum Gasteiger partial charge on any atom is 0.0882 e. The summed E-state index contributed by atoms with van der Waals surface area (Å²) in [6.07, 6.45) is 1.83. The van der Waals surface area contributed by atoms with Crippen molar-refractivity contribution in [1.29, 1.82) is 0 Å². The second-order valence-corrected chi connectivity index (χ2v) is 2.94. The standard InChI is InChI=1S/C9H11N3O/c10-6(5-13)7-1-2-8-9(12-7)3-4-11-8/h1-4,6,11,13H,5,10H2/t6-/m1/s1.